The van der Waals surface area contributed by atoms with Gasteiger partial charge in [-0.25, -0.2) is 4.79 Å². The predicted molar refractivity (Wildman–Crippen MR) is 77.1 cm³/mol. The highest BCUT2D eigenvalue weighted by molar-refractivity contribution is 5.77. The Kier molecular flexibility index (Phi) is 4.73. The van der Waals surface area contributed by atoms with Gasteiger partial charge in [-0.15, -0.1) is 0 Å². The zero-order chi connectivity index (χ0) is 15.7. The molecule has 2 amide bonds. The number of likely N-dealkylation sites (tertiary alicyclic amines) is 1. The molecule has 2 saturated heterocycles. The number of hydrogen-bond acceptors (Lipinski definition) is 4. The van der Waals surface area contributed by atoms with Crippen molar-refractivity contribution in [1.29, 1.82) is 0 Å². The van der Waals surface area contributed by atoms with Gasteiger partial charge in [-0.2, -0.15) is 0 Å². The van der Waals surface area contributed by atoms with Gasteiger partial charge in [-0.3, -0.25) is 4.79 Å². The van der Waals surface area contributed by atoms with Crippen LogP contribution in [0.15, 0.2) is 0 Å². The van der Waals surface area contributed by atoms with Gasteiger partial charge in [0.05, 0.1) is 19.3 Å². The number of amides is 2. The Morgan fingerprint density at radius 2 is 1.81 bits per heavy atom. The Balaban J connectivity index is 2.02. The first-order chi connectivity index (χ1) is 9.82. The van der Waals surface area contributed by atoms with Crippen LogP contribution in [0.5, 0.6) is 0 Å². The number of hydrogen-bond donors (Lipinski definition) is 1. The average molecular weight is 299 g/mol. The molecule has 0 bridgehead atoms. The first kappa shape index (κ1) is 16.0. The summed E-state index contributed by atoms with van der Waals surface area (Å²) in [6.45, 7) is 3.99. The number of urea groups is 1. The third kappa shape index (κ3) is 3.13. The maximum atomic E-state index is 12.6. The van der Waals surface area contributed by atoms with Gasteiger partial charge in [0.25, 0.3) is 0 Å². The molecule has 2 aliphatic heterocycles. The molecule has 4 unspecified atom stereocenters. The minimum Gasteiger partial charge on any atom is -0.481 e. The molecule has 0 aromatic carbocycles. The third-order valence-corrected chi connectivity index (χ3v) is 4.67. The minimum absolute atomic E-state index is 0.104. The van der Waals surface area contributed by atoms with Crippen molar-refractivity contribution in [2.45, 2.75) is 19.0 Å². The number of rotatable bonds is 3. The molecule has 2 heterocycles. The molecule has 2 aliphatic rings. The van der Waals surface area contributed by atoms with E-state index in [1.54, 1.807) is 7.05 Å². The number of likely N-dealkylation sites (N-methyl/N-ethyl adjacent to an activating group) is 2. The molecule has 2 fully saturated rings. The molecule has 0 spiro atoms. The Morgan fingerprint density at radius 1 is 1.14 bits per heavy atom. The summed E-state index contributed by atoms with van der Waals surface area (Å²) in [7, 11) is 5.71. The lowest BCUT2D eigenvalue weighted by Crippen LogP contribution is -2.49. The van der Waals surface area contributed by atoms with Gasteiger partial charge < -0.3 is 24.5 Å². The molecular weight excluding hydrogens is 274 g/mol. The van der Waals surface area contributed by atoms with Crippen LogP contribution in [0.4, 0.5) is 4.79 Å². The molecule has 0 aromatic heterocycles. The second-order valence-corrected chi connectivity index (χ2v) is 6.36. The molecule has 4 atom stereocenters. The van der Waals surface area contributed by atoms with Crippen molar-refractivity contribution in [3.05, 3.63) is 0 Å². The fraction of sp³-hybridized carbons (Fsp3) is 0.857. The zero-order valence-electron chi connectivity index (χ0n) is 13.2. The summed E-state index contributed by atoms with van der Waals surface area (Å²) in [5, 5.41) is 9.20. The summed E-state index contributed by atoms with van der Waals surface area (Å²) in [5.74, 6) is -1.13. The smallest absolute Gasteiger partial charge is 0.320 e. The second-order valence-electron chi connectivity index (χ2n) is 6.36. The summed E-state index contributed by atoms with van der Waals surface area (Å²) in [5.41, 5.74) is 0. The quantitative estimate of drug-likeness (QED) is 0.795. The monoisotopic (exact) mass is 299 g/mol. The normalized spacial score (nSPS) is 32.7. The summed E-state index contributed by atoms with van der Waals surface area (Å²) < 4.78 is 5.24. The van der Waals surface area contributed by atoms with E-state index in [0.29, 0.717) is 31.7 Å². The number of carboxylic acid groups (broad SMARTS) is 1. The molecule has 0 saturated carbocycles. The van der Waals surface area contributed by atoms with E-state index in [4.69, 9.17) is 4.74 Å². The van der Waals surface area contributed by atoms with Gasteiger partial charge in [0.2, 0.25) is 0 Å². The van der Waals surface area contributed by atoms with Crippen LogP contribution >= 0.6 is 0 Å². The molecule has 2 rings (SSSR count). The first-order valence-electron chi connectivity index (χ1n) is 7.31. The van der Waals surface area contributed by atoms with Crippen LogP contribution in [-0.2, 0) is 9.53 Å². The van der Waals surface area contributed by atoms with E-state index >= 15 is 0 Å². The molecule has 0 radical (unpaired) electrons. The summed E-state index contributed by atoms with van der Waals surface area (Å²) in [6.07, 6.45) is 0. The van der Waals surface area contributed by atoms with E-state index in [2.05, 4.69) is 11.8 Å². The van der Waals surface area contributed by atoms with Gasteiger partial charge in [-0.05, 0) is 20.0 Å². The third-order valence-electron chi connectivity index (χ3n) is 4.67. The van der Waals surface area contributed by atoms with E-state index in [-0.39, 0.29) is 18.7 Å². The minimum atomic E-state index is -0.905. The van der Waals surface area contributed by atoms with E-state index in [1.807, 2.05) is 19.0 Å². The SMILES string of the molecule is CC1CN(C(=O)N(C)C2COCC2C(=O)O)CC1N(C)C. The van der Waals surface area contributed by atoms with Crippen molar-refractivity contribution < 1.29 is 19.4 Å². The van der Waals surface area contributed by atoms with Gasteiger partial charge >= 0.3 is 12.0 Å². The lowest BCUT2D eigenvalue weighted by Gasteiger charge is -2.31. The Labute approximate surface area is 125 Å². The maximum Gasteiger partial charge on any atom is 0.320 e. The largest absolute Gasteiger partial charge is 0.481 e. The molecular formula is C14H25N3O4. The topological polar surface area (TPSA) is 73.3 Å². The standard InChI is InChI=1S/C14H25N3O4/c1-9-5-17(6-11(9)15(2)3)14(20)16(4)12-8-21-7-10(12)13(18)19/h9-12H,5-8H2,1-4H3,(H,18,19). The van der Waals surface area contributed by atoms with Crippen LogP contribution in [0.2, 0.25) is 0 Å². The van der Waals surface area contributed by atoms with Crippen molar-refractivity contribution in [3.63, 3.8) is 0 Å². The van der Waals surface area contributed by atoms with Crippen molar-refractivity contribution in [2.75, 3.05) is 47.4 Å². The molecule has 7 heteroatoms. The number of carbonyl (C=O) groups is 2. The van der Waals surface area contributed by atoms with Crippen molar-refractivity contribution in [3.8, 4) is 0 Å². The van der Waals surface area contributed by atoms with Gasteiger partial charge in [-0.1, -0.05) is 6.92 Å². The second kappa shape index (κ2) is 6.19. The van der Waals surface area contributed by atoms with Crippen LogP contribution in [0.1, 0.15) is 6.92 Å². The Morgan fingerprint density at radius 3 is 2.33 bits per heavy atom. The lowest BCUT2D eigenvalue weighted by molar-refractivity contribution is -0.142. The lowest BCUT2D eigenvalue weighted by atomic mass is 10.0. The highest BCUT2D eigenvalue weighted by Crippen LogP contribution is 2.24. The van der Waals surface area contributed by atoms with Gasteiger partial charge in [0, 0.05) is 26.2 Å². The number of aliphatic carboxylic acids is 1. The highest BCUT2D eigenvalue weighted by atomic mass is 16.5. The summed E-state index contributed by atoms with van der Waals surface area (Å²) in [6, 6.07) is -0.144. The fourth-order valence-electron chi connectivity index (χ4n) is 3.30. The Bertz CT molecular complexity index is 415. The van der Waals surface area contributed by atoms with E-state index in [0.717, 1.165) is 0 Å². The Hall–Kier alpha value is -1.34. The van der Waals surface area contributed by atoms with Crippen molar-refractivity contribution >= 4 is 12.0 Å². The van der Waals surface area contributed by atoms with Crippen molar-refractivity contribution in [1.82, 2.24) is 14.7 Å². The van der Waals surface area contributed by atoms with Gasteiger partial charge in [0.15, 0.2) is 0 Å². The van der Waals surface area contributed by atoms with Crippen molar-refractivity contribution in [2.24, 2.45) is 11.8 Å². The summed E-state index contributed by atoms with van der Waals surface area (Å²) >= 11 is 0. The molecule has 120 valence electrons. The molecule has 21 heavy (non-hydrogen) atoms. The molecule has 7 nitrogen and oxygen atoms in total. The van der Waals surface area contributed by atoms with E-state index in [9.17, 15) is 14.7 Å². The molecule has 0 aromatic rings. The summed E-state index contributed by atoms with van der Waals surface area (Å²) in [4.78, 5) is 29.3. The van der Waals surface area contributed by atoms with Crippen LogP contribution in [0.3, 0.4) is 0 Å². The highest BCUT2D eigenvalue weighted by Gasteiger charge is 2.41. The van der Waals surface area contributed by atoms with Crippen LogP contribution < -0.4 is 0 Å². The van der Waals surface area contributed by atoms with E-state index in [1.165, 1.54) is 4.90 Å². The molecule has 0 aliphatic carbocycles. The fourth-order valence-corrected chi connectivity index (χ4v) is 3.30. The zero-order valence-corrected chi connectivity index (χ0v) is 13.2. The maximum absolute atomic E-state index is 12.6. The van der Waals surface area contributed by atoms with Crippen LogP contribution in [0, 0.1) is 11.8 Å². The van der Waals surface area contributed by atoms with Crippen LogP contribution in [0.25, 0.3) is 0 Å². The number of carbonyl (C=O) groups excluding carboxylic acids is 1. The average Bonchev–Trinajstić information content (AvgIpc) is 3.03. The number of nitrogens with zero attached hydrogens (tertiary/aromatic N) is 3. The molecule has 1 N–H and O–H groups in total. The van der Waals surface area contributed by atoms with Crippen LogP contribution in [-0.4, -0.2) is 91.3 Å². The van der Waals surface area contributed by atoms with E-state index < -0.39 is 11.9 Å². The predicted octanol–water partition coefficient (Wildman–Crippen LogP) is 0.0197. The number of ether oxygens (including phenoxy) is 1. The van der Waals surface area contributed by atoms with Gasteiger partial charge in [0.1, 0.15) is 5.92 Å². The number of carboxylic acids is 1. The first-order valence-corrected chi connectivity index (χ1v) is 7.31.